The molecule has 0 fully saturated rings. The monoisotopic (exact) mass is 369 g/mol. The van der Waals surface area contributed by atoms with Crippen LogP contribution in [0.4, 0.5) is 0 Å². The van der Waals surface area contributed by atoms with Crippen LogP contribution in [0, 0.1) is 0 Å². The Morgan fingerprint density at radius 2 is 1.46 bits per heavy atom. The van der Waals surface area contributed by atoms with Gasteiger partial charge in [0.2, 0.25) is 0 Å². The molecule has 2 rings (SSSR count). The number of hydrogen-bond donors (Lipinski definition) is 0. The fourth-order valence-corrected chi connectivity index (χ4v) is 9.33. The minimum Gasteiger partial charge on any atom is -0.339 e. The van der Waals surface area contributed by atoms with Crippen LogP contribution < -0.4 is 10.6 Å². The summed E-state index contributed by atoms with van der Waals surface area (Å²) in [7, 11) is -2.15. The third kappa shape index (κ3) is 3.58. The van der Waals surface area contributed by atoms with E-state index in [4.69, 9.17) is 0 Å². The Balaban J connectivity index is 2.52. The van der Waals surface area contributed by atoms with Gasteiger partial charge in [-0.1, -0.05) is 39.8 Å². The molecule has 0 aliphatic heterocycles. The van der Waals surface area contributed by atoms with Crippen molar-refractivity contribution in [1.29, 1.82) is 0 Å². The van der Waals surface area contributed by atoms with Gasteiger partial charge in [-0.05, 0) is 48.3 Å². The first-order valence-electron chi connectivity index (χ1n) is 9.56. The van der Waals surface area contributed by atoms with Crippen molar-refractivity contribution in [2.45, 2.75) is 52.6 Å². The molecule has 0 atom stereocenters. The molecule has 1 aromatic carbocycles. The molecule has 4 nitrogen and oxygen atoms in total. The van der Waals surface area contributed by atoms with Gasteiger partial charge in [-0.2, -0.15) is 0 Å². The molecule has 0 radical (unpaired) electrons. The van der Waals surface area contributed by atoms with Gasteiger partial charge >= 0.3 is 0 Å². The van der Waals surface area contributed by atoms with Gasteiger partial charge in [0.15, 0.2) is 8.07 Å². The van der Waals surface area contributed by atoms with Gasteiger partial charge in [-0.15, -0.1) is 0 Å². The maximum atomic E-state index is 12.6. The number of nitrogens with zero attached hydrogens (tertiary/aromatic N) is 3. The van der Waals surface area contributed by atoms with Crippen LogP contribution in [0.3, 0.4) is 0 Å². The van der Waals surface area contributed by atoms with Crippen LogP contribution in [0.5, 0.6) is 0 Å². The predicted molar refractivity (Wildman–Crippen MR) is 111 cm³/mol. The van der Waals surface area contributed by atoms with E-state index in [1.165, 1.54) is 5.19 Å². The van der Waals surface area contributed by atoms with Crippen LogP contribution in [-0.2, 0) is 0 Å². The van der Waals surface area contributed by atoms with E-state index >= 15 is 0 Å². The van der Waals surface area contributed by atoms with Gasteiger partial charge in [-0.3, -0.25) is 4.79 Å². The molecule has 140 valence electrons. The Labute approximate surface area is 158 Å². The van der Waals surface area contributed by atoms with Crippen molar-refractivity contribution < 1.29 is 4.79 Å². The Kier molecular flexibility index (Phi) is 6.70. The first-order valence-corrected chi connectivity index (χ1v) is 11.7. The number of aromatic nitrogens is 2. The molecule has 0 bridgehead atoms. The maximum Gasteiger partial charge on any atom is 0.253 e. The highest BCUT2D eigenvalue weighted by Gasteiger charge is 2.46. The normalized spacial score (nSPS) is 11.8. The highest BCUT2D eigenvalue weighted by Crippen LogP contribution is 2.31. The van der Waals surface area contributed by atoms with E-state index in [0.29, 0.717) is 11.1 Å². The molecule has 0 saturated carbocycles. The summed E-state index contributed by atoms with van der Waals surface area (Å²) in [5.74, 6) is 0.0962. The van der Waals surface area contributed by atoms with Crippen molar-refractivity contribution >= 4 is 24.6 Å². The first kappa shape index (κ1) is 20.3. The van der Waals surface area contributed by atoms with E-state index in [9.17, 15) is 4.79 Å². The number of carbonyl (C=O) groups excluding carboxylic acids is 1. The molecule has 0 aliphatic rings. The summed E-state index contributed by atoms with van der Waals surface area (Å²) in [6.45, 7) is 14.6. The lowest BCUT2D eigenvalue weighted by atomic mass is 10.2. The van der Waals surface area contributed by atoms with Crippen molar-refractivity contribution in [1.82, 2.24) is 14.9 Å². The molecule has 1 aromatic heterocycles. The predicted octanol–water partition coefficient (Wildman–Crippen LogP) is 3.34. The second-order valence-corrected chi connectivity index (χ2v) is 12.4. The third-order valence-electron chi connectivity index (χ3n) is 5.42. The SMILES string of the molecule is CCN(CC)C(=O)c1ccc([Si](c2ncccn2)(C(C)C)C(C)C)cc1. The lowest BCUT2D eigenvalue weighted by Crippen LogP contribution is -2.64. The van der Waals surface area contributed by atoms with E-state index in [1.54, 1.807) is 0 Å². The number of benzene rings is 1. The second-order valence-electron chi connectivity index (χ2n) is 7.31. The summed E-state index contributed by atoms with van der Waals surface area (Å²) in [6.07, 6.45) is 3.68. The van der Waals surface area contributed by atoms with Crippen LogP contribution in [0.15, 0.2) is 42.7 Å². The van der Waals surface area contributed by atoms with Crippen LogP contribution in [0.2, 0.25) is 11.1 Å². The van der Waals surface area contributed by atoms with Gasteiger partial charge < -0.3 is 4.90 Å². The zero-order valence-corrected chi connectivity index (χ0v) is 17.9. The lowest BCUT2D eigenvalue weighted by molar-refractivity contribution is 0.0773. The van der Waals surface area contributed by atoms with Crippen LogP contribution in [-0.4, -0.2) is 41.9 Å². The van der Waals surface area contributed by atoms with Gasteiger partial charge in [0, 0.05) is 31.0 Å². The van der Waals surface area contributed by atoms with Crippen LogP contribution in [0.1, 0.15) is 51.9 Å². The van der Waals surface area contributed by atoms with Gasteiger partial charge in [0.05, 0.1) is 0 Å². The molecule has 0 saturated heterocycles. The average Bonchev–Trinajstić information content (AvgIpc) is 2.64. The Morgan fingerprint density at radius 1 is 0.962 bits per heavy atom. The quantitative estimate of drug-likeness (QED) is 0.703. The molecular formula is C21H31N3OSi. The second kappa shape index (κ2) is 8.58. The number of carbonyl (C=O) groups is 1. The Hall–Kier alpha value is -2.01. The molecule has 0 unspecified atom stereocenters. The van der Waals surface area contributed by atoms with Crippen molar-refractivity contribution in [3.63, 3.8) is 0 Å². The highest BCUT2D eigenvalue weighted by atomic mass is 28.3. The van der Waals surface area contributed by atoms with Crippen LogP contribution in [0.25, 0.3) is 0 Å². The zero-order valence-electron chi connectivity index (χ0n) is 16.9. The molecule has 5 heteroatoms. The van der Waals surface area contributed by atoms with Gasteiger partial charge in [0.1, 0.15) is 5.45 Å². The minimum absolute atomic E-state index is 0.0962. The van der Waals surface area contributed by atoms with Crippen LogP contribution >= 0.6 is 0 Å². The maximum absolute atomic E-state index is 12.6. The van der Waals surface area contributed by atoms with E-state index in [2.05, 4.69) is 49.8 Å². The molecule has 0 aliphatic carbocycles. The van der Waals surface area contributed by atoms with E-state index in [1.807, 2.05) is 49.3 Å². The summed E-state index contributed by atoms with van der Waals surface area (Å²) < 4.78 is 0. The van der Waals surface area contributed by atoms with E-state index in [-0.39, 0.29) is 5.91 Å². The largest absolute Gasteiger partial charge is 0.339 e. The molecule has 0 spiro atoms. The van der Waals surface area contributed by atoms with Gasteiger partial charge in [0.25, 0.3) is 5.91 Å². The first-order chi connectivity index (χ1) is 12.4. The lowest BCUT2D eigenvalue weighted by Gasteiger charge is -2.38. The molecule has 1 amide bonds. The smallest absolute Gasteiger partial charge is 0.253 e. The molecular weight excluding hydrogens is 338 g/mol. The minimum atomic E-state index is -2.15. The topological polar surface area (TPSA) is 46.1 Å². The molecule has 0 N–H and O–H groups in total. The molecule has 2 aromatic rings. The molecule has 26 heavy (non-hydrogen) atoms. The third-order valence-corrected chi connectivity index (χ3v) is 11.3. The van der Waals surface area contributed by atoms with E-state index in [0.717, 1.165) is 24.1 Å². The summed E-state index contributed by atoms with van der Waals surface area (Å²) in [6, 6.07) is 10.1. The number of rotatable bonds is 7. The summed E-state index contributed by atoms with van der Waals surface area (Å²) in [5, 5.41) is 1.30. The summed E-state index contributed by atoms with van der Waals surface area (Å²) in [5.41, 5.74) is 2.64. The standard InChI is InChI=1S/C21H31N3OSi/c1-7-24(8-2)20(25)18-10-12-19(13-11-18)26(16(3)4,17(5)6)21-22-14-9-15-23-21/h9-17H,7-8H2,1-6H3. The van der Waals surface area contributed by atoms with Crippen molar-refractivity contribution in [3.05, 3.63) is 48.3 Å². The number of hydrogen-bond acceptors (Lipinski definition) is 3. The van der Waals surface area contributed by atoms with Crippen molar-refractivity contribution in [2.75, 3.05) is 13.1 Å². The number of amides is 1. The summed E-state index contributed by atoms with van der Waals surface area (Å²) in [4.78, 5) is 23.8. The Bertz CT molecular complexity index is 702. The fourth-order valence-electron chi connectivity index (χ4n) is 4.07. The average molecular weight is 370 g/mol. The fraction of sp³-hybridized carbons (Fsp3) is 0.476. The Morgan fingerprint density at radius 3 is 1.88 bits per heavy atom. The molecule has 1 heterocycles. The highest BCUT2D eigenvalue weighted by molar-refractivity contribution is 7.03. The van der Waals surface area contributed by atoms with Crippen molar-refractivity contribution in [2.24, 2.45) is 0 Å². The zero-order chi connectivity index (χ0) is 19.3. The van der Waals surface area contributed by atoms with Gasteiger partial charge in [-0.25, -0.2) is 9.97 Å². The van der Waals surface area contributed by atoms with E-state index < -0.39 is 8.07 Å². The summed E-state index contributed by atoms with van der Waals surface area (Å²) >= 11 is 0. The van der Waals surface area contributed by atoms with Crippen molar-refractivity contribution in [3.8, 4) is 0 Å².